The molecular formula is C24H30ClN7O2. The zero-order valence-corrected chi connectivity index (χ0v) is 20.0. The van der Waals surface area contributed by atoms with Gasteiger partial charge in [0.05, 0.1) is 16.9 Å². The molecule has 3 heterocycles. The predicted octanol–water partition coefficient (Wildman–Crippen LogP) is 4.34. The molecule has 0 spiro atoms. The van der Waals surface area contributed by atoms with Crippen LogP contribution in [0.1, 0.15) is 50.1 Å². The maximum atomic E-state index is 11.7. The molecule has 5 rings (SSSR count). The van der Waals surface area contributed by atoms with Gasteiger partial charge in [0, 0.05) is 31.2 Å². The number of amides is 1. The molecule has 4 N–H and O–H groups in total. The Morgan fingerprint density at radius 2 is 1.91 bits per heavy atom. The van der Waals surface area contributed by atoms with E-state index in [2.05, 4.69) is 20.2 Å². The number of carbonyl (C=O) groups excluding carboxylic acids is 1. The lowest BCUT2D eigenvalue weighted by molar-refractivity contribution is -0.122. The lowest BCUT2D eigenvalue weighted by Gasteiger charge is -2.29. The molecule has 9 nitrogen and oxygen atoms in total. The molecule has 1 aliphatic carbocycles. The van der Waals surface area contributed by atoms with E-state index in [4.69, 9.17) is 32.0 Å². The van der Waals surface area contributed by atoms with Gasteiger partial charge in [0.2, 0.25) is 17.8 Å². The van der Waals surface area contributed by atoms with E-state index < -0.39 is 0 Å². The van der Waals surface area contributed by atoms with Gasteiger partial charge in [-0.15, -0.1) is 0 Å². The first-order chi connectivity index (χ1) is 16.5. The molecule has 180 valence electrons. The Kier molecular flexibility index (Phi) is 6.56. The summed E-state index contributed by atoms with van der Waals surface area (Å²) in [4.78, 5) is 25.9. The molecule has 2 aromatic heterocycles. The van der Waals surface area contributed by atoms with Crippen molar-refractivity contribution in [1.82, 2.24) is 19.5 Å². The third kappa shape index (κ3) is 4.67. The second-order valence-corrected chi connectivity index (χ2v) is 9.59. The summed E-state index contributed by atoms with van der Waals surface area (Å²) in [5.41, 5.74) is 8.82. The third-order valence-electron chi connectivity index (χ3n) is 6.89. The van der Waals surface area contributed by atoms with Crippen molar-refractivity contribution in [2.24, 2.45) is 11.7 Å². The maximum absolute atomic E-state index is 11.7. The fourth-order valence-electron chi connectivity index (χ4n) is 4.90. The number of anilines is 3. The Morgan fingerprint density at radius 1 is 1.15 bits per heavy atom. The molecule has 1 saturated heterocycles. The van der Waals surface area contributed by atoms with Crippen molar-refractivity contribution in [3.8, 4) is 0 Å². The Hall–Kier alpha value is -2.91. The van der Waals surface area contributed by atoms with Gasteiger partial charge in [-0.2, -0.15) is 4.98 Å². The first-order valence-corrected chi connectivity index (χ1v) is 12.3. The maximum Gasteiger partial charge on any atom is 0.224 e. The second kappa shape index (κ2) is 9.76. The highest BCUT2D eigenvalue weighted by atomic mass is 35.5. The van der Waals surface area contributed by atoms with Gasteiger partial charge in [-0.3, -0.25) is 9.36 Å². The Morgan fingerprint density at radius 3 is 2.65 bits per heavy atom. The molecule has 1 aromatic carbocycles. The topological polar surface area (TPSA) is 120 Å². The zero-order valence-electron chi connectivity index (χ0n) is 19.3. The standard InChI is InChI=1S/C24H30ClN7O2/c1-14-3-2-4-18(20(14)25)29-24-30-19-13-27-23(28-16-9-11-34-12-10-16)31-22(19)32(24)17-7-5-15(6-8-17)21(26)33/h2-4,13,15-17H,5-12H2,1H3,(H2,26,33)(H,29,30)(H,27,28,31)/t15-,17+. The van der Waals surface area contributed by atoms with Crippen molar-refractivity contribution in [2.45, 2.75) is 57.5 Å². The fraction of sp³-hybridized carbons (Fsp3) is 0.500. The van der Waals surface area contributed by atoms with Crippen molar-refractivity contribution in [3.05, 3.63) is 35.0 Å². The number of nitrogens with one attached hydrogen (secondary N) is 2. The molecular weight excluding hydrogens is 454 g/mol. The van der Waals surface area contributed by atoms with Gasteiger partial charge < -0.3 is 21.1 Å². The van der Waals surface area contributed by atoms with Crippen LogP contribution in [0.4, 0.5) is 17.6 Å². The molecule has 0 unspecified atom stereocenters. The number of nitrogens with zero attached hydrogens (tertiary/aromatic N) is 4. The molecule has 0 radical (unpaired) electrons. The number of primary amides is 1. The van der Waals surface area contributed by atoms with Crippen LogP contribution < -0.4 is 16.4 Å². The number of carbonyl (C=O) groups is 1. The number of imidazole rings is 1. The van der Waals surface area contributed by atoms with Crippen LogP contribution in [0.5, 0.6) is 0 Å². The summed E-state index contributed by atoms with van der Waals surface area (Å²) >= 11 is 6.57. The van der Waals surface area contributed by atoms with Crippen molar-refractivity contribution >= 4 is 46.3 Å². The molecule has 2 fully saturated rings. The van der Waals surface area contributed by atoms with E-state index in [1.54, 1.807) is 6.20 Å². The number of aromatic nitrogens is 4. The Labute approximate surface area is 203 Å². The van der Waals surface area contributed by atoms with Crippen molar-refractivity contribution in [1.29, 1.82) is 0 Å². The van der Waals surface area contributed by atoms with Crippen LogP contribution in [0.2, 0.25) is 5.02 Å². The number of rotatable bonds is 6. The number of benzene rings is 1. The summed E-state index contributed by atoms with van der Waals surface area (Å²) < 4.78 is 7.60. The van der Waals surface area contributed by atoms with E-state index in [1.165, 1.54) is 0 Å². The average Bonchev–Trinajstić information content (AvgIpc) is 3.20. The number of halogens is 1. The highest BCUT2D eigenvalue weighted by Crippen LogP contribution is 2.38. The number of hydrogen-bond donors (Lipinski definition) is 3. The Balaban J connectivity index is 1.51. The molecule has 1 aliphatic heterocycles. The second-order valence-electron chi connectivity index (χ2n) is 9.21. The van der Waals surface area contributed by atoms with Gasteiger partial charge in [-0.25, -0.2) is 9.97 Å². The number of hydrogen-bond acceptors (Lipinski definition) is 7. The van der Waals surface area contributed by atoms with E-state index in [9.17, 15) is 4.79 Å². The summed E-state index contributed by atoms with van der Waals surface area (Å²) in [6, 6.07) is 6.30. The quantitative estimate of drug-likeness (QED) is 0.477. The largest absolute Gasteiger partial charge is 0.381 e. The molecule has 10 heteroatoms. The van der Waals surface area contributed by atoms with Gasteiger partial charge in [-0.1, -0.05) is 23.7 Å². The highest BCUT2D eigenvalue weighted by molar-refractivity contribution is 6.34. The highest BCUT2D eigenvalue weighted by Gasteiger charge is 2.29. The molecule has 0 bridgehead atoms. The monoisotopic (exact) mass is 483 g/mol. The summed E-state index contributed by atoms with van der Waals surface area (Å²) in [6.45, 7) is 3.46. The molecule has 1 amide bonds. The Bertz CT molecular complexity index is 1180. The lowest BCUT2D eigenvalue weighted by atomic mass is 9.85. The molecule has 2 aliphatic rings. The van der Waals surface area contributed by atoms with Crippen molar-refractivity contribution in [2.75, 3.05) is 23.8 Å². The smallest absolute Gasteiger partial charge is 0.224 e. The number of aryl methyl sites for hydroxylation is 1. The minimum absolute atomic E-state index is 0.0750. The number of ether oxygens (including phenoxy) is 1. The van der Waals surface area contributed by atoms with Crippen LogP contribution in [-0.2, 0) is 9.53 Å². The molecule has 1 saturated carbocycles. The van der Waals surface area contributed by atoms with Crippen LogP contribution in [0, 0.1) is 12.8 Å². The number of nitrogens with two attached hydrogens (primary N) is 1. The summed E-state index contributed by atoms with van der Waals surface area (Å²) in [5.74, 6) is 0.965. The van der Waals surface area contributed by atoms with Crippen LogP contribution >= 0.6 is 11.6 Å². The predicted molar refractivity (Wildman–Crippen MR) is 132 cm³/mol. The SMILES string of the molecule is Cc1cccc(Nc2nc3cnc(NC4CCOCC4)nc3n2[C@H]2CC[C@@H](C(N)=O)CC2)c1Cl. The summed E-state index contributed by atoms with van der Waals surface area (Å²) in [5, 5.41) is 7.54. The first kappa shape index (κ1) is 22.9. The van der Waals surface area contributed by atoms with Crippen LogP contribution in [-0.4, -0.2) is 44.7 Å². The van der Waals surface area contributed by atoms with Gasteiger partial charge in [-0.05, 0) is 57.1 Å². The van der Waals surface area contributed by atoms with Gasteiger partial charge in [0.25, 0.3) is 0 Å². The minimum Gasteiger partial charge on any atom is -0.381 e. The van der Waals surface area contributed by atoms with E-state index in [0.29, 0.717) is 22.4 Å². The van der Waals surface area contributed by atoms with E-state index >= 15 is 0 Å². The summed E-state index contributed by atoms with van der Waals surface area (Å²) in [6.07, 6.45) is 6.76. The van der Waals surface area contributed by atoms with Crippen LogP contribution in [0.15, 0.2) is 24.4 Å². The molecule has 0 atom stereocenters. The molecule has 34 heavy (non-hydrogen) atoms. The fourth-order valence-corrected chi connectivity index (χ4v) is 5.08. The summed E-state index contributed by atoms with van der Waals surface area (Å²) in [7, 11) is 0. The van der Waals surface area contributed by atoms with E-state index in [1.807, 2.05) is 25.1 Å². The third-order valence-corrected chi connectivity index (χ3v) is 7.39. The van der Waals surface area contributed by atoms with Crippen LogP contribution in [0.25, 0.3) is 11.2 Å². The zero-order chi connectivity index (χ0) is 23.7. The van der Waals surface area contributed by atoms with E-state index in [-0.39, 0.29) is 23.9 Å². The van der Waals surface area contributed by atoms with Crippen molar-refractivity contribution < 1.29 is 9.53 Å². The molecule has 3 aromatic rings. The van der Waals surface area contributed by atoms with E-state index in [0.717, 1.165) is 68.6 Å². The lowest BCUT2D eigenvalue weighted by Crippen LogP contribution is -2.29. The van der Waals surface area contributed by atoms with Gasteiger partial charge >= 0.3 is 0 Å². The van der Waals surface area contributed by atoms with Crippen molar-refractivity contribution in [3.63, 3.8) is 0 Å². The van der Waals surface area contributed by atoms with Gasteiger partial charge in [0.15, 0.2) is 5.65 Å². The minimum atomic E-state index is -0.218. The first-order valence-electron chi connectivity index (χ1n) is 11.9. The normalized spacial score (nSPS) is 21.5. The van der Waals surface area contributed by atoms with Crippen LogP contribution in [0.3, 0.4) is 0 Å². The number of fused-ring (bicyclic) bond motifs is 1. The van der Waals surface area contributed by atoms with Gasteiger partial charge in [0.1, 0.15) is 5.52 Å². The average molecular weight is 484 g/mol.